The van der Waals surface area contributed by atoms with Crippen molar-refractivity contribution in [1.29, 1.82) is 0 Å². The molecule has 12 N–H and O–H groups in total. The van der Waals surface area contributed by atoms with Crippen LogP contribution in [0.4, 0.5) is 0 Å². The number of aliphatic hydroxyl groups is 1. The summed E-state index contributed by atoms with van der Waals surface area (Å²) in [6, 6.07) is 11.6. The number of aromatic amines is 1. The van der Waals surface area contributed by atoms with E-state index in [1.807, 2.05) is 61.5 Å². The first-order chi connectivity index (χ1) is 31.6. The summed E-state index contributed by atoms with van der Waals surface area (Å²) < 4.78 is 0. The molecule has 1 aliphatic rings. The summed E-state index contributed by atoms with van der Waals surface area (Å²) in [5.74, 6) is -3.83. The Morgan fingerprint density at radius 3 is 2.36 bits per heavy atom. The number of allylic oxidation sites excluding steroid dienone is 1. The number of nitrogens with zero attached hydrogens (tertiary/aromatic N) is 2. The van der Waals surface area contributed by atoms with Gasteiger partial charge in [-0.2, -0.15) is 11.8 Å². The Bertz CT molecular complexity index is 2220. The van der Waals surface area contributed by atoms with Crippen LogP contribution in [0, 0.1) is 11.8 Å². The molecule has 356 valence electrons. The lowest BCUT2D eigenvalue weighted by Crippen LogP contribution is -2.56. The smallest absolute Gasteiger partial charge is 0.243 e. The number of hydrogen-bond donors (Lipinski definition) is 9. The number of primary amides is 1. The monoisotopic (exact) mass is 926 g/mol. The number of benzene rings is 2. The Kier molecular flexibility index (Phi) is 21.3. The molecule has 0 radical (unpaired) electrons. The zero-order valence-electron chi connectivity index (χ0n) is 38.0. The molecule has 17 nitrogen and oxygen atoms in total. The van der Waals surface area contributed by atoms with Gasteiger partial charge in [0.1, 0.15) is 18.3 Å². The summed E-state index contributed by atoms with van der Waals surface area (Å²) in [7, 11) is 0. The van der Waals surface area contributed by atoms with Crippen LogP contribution in [0.25, 0.3) is 10.9 Å². The van der Waals surface area contributed by atoms with Crippen molar-refractivity contribution < 1.29 is 33.9 Å². The standard InChI is InChI=1S/C48H66N10O7S/c1-5-23-66-28-40(43(49)61)54-27-41(59)38(25-32-26-53-36-20-13-12-17-33(32)36)57-47(65)37(21-14-22-52-48(50)51)56-46(64)35-19-11-10-18-34(35)42(60)39(24-31-15-8-7-9-16-31)58-45(63)30(4)55-44(62)29(3)6-2/h5,7-9,12-13,15-18,20,26-27,29-30,35,37-40,45,53,58,63H,1,6,10-11,14,19,21-25,28H2,2-4H3,(H2,49,61)(H,55,62)(H,56,64)(H,57,65)(H4,50,51,52)/t29-,30+,35+,37-,38-,39+,40-,45?/m0/s1. The maximum atomic E-state index is 14.6. The predicted molar refractivity (Wildman–Crippen MR) is 260 cm³/mol. The predicted octanol–water partition coefficient (Wildman–Crippen LogP) is 2.51. The molecule has 4 amide bonds. The van der Waals surface area contributed by atoms with E-state index in [0.717, 1.165) is 28.2 Å². The number of thioether (sulfide) groups is 1. The van der Waals surface area contributed by atoms with Crippen molar-refractivity contribution in [3.63, 3.8) is 0 Å². The molecule has 0 saturated carbocycles. The fourth-order valence-corrected chi connectivity index (χ4v) is 8.23. The first kappa shape index (κ1) is 52.5. The molecular formula is C48H66N10O7S. The number of para-hydroxylation sites is 1. The Balaban J connectivity index is 1.62. The third-order valence-corrected chi connectivity index (χ3v) is 12.5. The van der Waals surface area contributed by atoms with Crippen LogP contribution in [0.1, 0.15) is 70.4 Å². The molecule has 0 bridgehead atoms. The fourth-order valence-electron chi connectivity index (χ4n) is 7.46. The second-order valence-electron chi connectivity index (χ2n) is 16.5. The van der Waals surface area contributed by atoms with Gasteiger partial charge in [0.25, 0.3) is 0 Å². The van der Waals surface area contributed by atoms with Gasteiger partial charge in [-0.25, -0.2) is 0 Å². The number of Topliss-reactive ketones (excluding diaryl/α,β-unsaturated/α-hetero) is 2. The molecule has 8 atom stereocenters. The maximum Gasteiger partial charge on any atom is 0.243 e. The minimum atomic E-state index is -1.31. The number of carbonyl (C=O) groups is 6. The molecule has 0 aliphatic heterocycles. The number of aliphatic imine (C=N–C) groups is 2. The first-order valence-electron chi connectivity index (χ1n) is 22.4. The lowest BCUT2D eigenvalue weighted by atomic mass is 9.81. The number of aliphatic hydroxyl groups excluding tert-OH is 1. The summed E-state index contributed by atoms with van der Waals surface area (Å²) >= 11 is 1.37. The van der Waals surface area contributed by atoms with Gasteiger partial charge in [-0.1, -0.05) is 74.5 Å². The van der Waals surface area contributed by atoms with Crippen molar-refractivity contribution in [2.45, 2.75) is 109 Å². The minimum Gasteiger partial charge on any atom is -0.376 e. The SMILES string of the molecule is C=CCSC[C@H](N=CC(=O)[C@H](Cc1c[nH]c2ccccc12)NC(=O)[C@H](CCCN=C(N)N)NC(=O)[C@@H]1CCCC=C1C(=O)[C@@H](Cc1ccccc1)NC(O)[C@@H](C)NC(=O)[C@@H](C)CC)C(N)=O. The lowest BCUT2D eigenvalue weighted by Gasteiger charge is -2.31. The third kappa shape index (κ3) is 16.1. The molecule has 2 aromatic carbocycles. The van der Waals surface area contributed by atoms with Gasteiger partial charge in [0.15, 0.2) is 17.5 Å². The highest BCUT2D eigenvalue weighted by molar-refractivity contribution is 7.99. The van der Waals surface area contributed by atoms with E-state index in [1.54, 1.807) is 32.2 Å². The number of aromatic nitrogens is 1. The molecular weight excluding hydrogens is 861 g/mol. The zero-order chi connectivity index (χ0) is 48.2. The first-order valence-corrected chi connectivity index (χ1v) is 23.6. The van der Waals surface area contributed by atoms with Gasteiger partial charge in [0.05, 0.1) is 30.3 Å². The number of nitrogens with two attached hydrogens (primary N) is 3. The van der Waals surface area contributed by atoms with E-state index in [0.29, 0.717) is 31.4 Å². The van der Waals surface area contributed by atoms with Crippen LogP contribution in [-0.4, -0.2) is 112 Å². The second kappa shape index (κ2) is 26.8. The molecule has 66 heavy (non-hydrogen) atoms. The number of amides is 4. The van der Waals surface area contributed by atoms with Crippen LogP contribution >= 0.6 is 11.8 Å². The van der Waals surface area contributed by atoms with Gasteiger partial charge < -0.3 is 43.2 Å². The Labute approximate surface area is 390 Å². The van der Waals surface area contributed by atoms with E-state index in [9.17, 15) is 33.9 Å². The van der Waals surface area contributed by atoms with Crippen molar-refractivity contribution in [1.82, 2.24) is 26.3 Å². The van der Waals surface area contributed by atoms with Crippen molar-refractivity contribution in [3.05, 3.63) is 96.2 Å². The van der Waals surface area contributed by atoms with E-state index < -0.39 is 71.6 Å². The van der Waals surface area contributed by atoms with E-state index >= 15 is 0 Å². The van der Waals surface area contributed by atoms with Crippen LogP contribution < -0.4 is 38.5 Å². The van der Waals surface area contributed by atoms with Gasteiger partial charge in [-0.15, -0.1) is 6.58 Å². The number of carbonyl (C=O) groups excluding carboxylic acids is 6. The summed E-state index contributed by atoms with van der Waals surface area (Å²) in [5, 5.41) is 23.7. The molecule has 0 fully saturated rings. The zero-order valence-corrected chi connectivity index (χ0v) is 38.9. The van der Waals surface area contributed by atoms with Gasteiger partial charge in [-0.3, -0.25) is 44.1 Å². The highest BCUT2D eigenvalue weighted by atomic mass is 32.2. The van der Waals surface area contributed by atoms with Crippen molar-refractivity contribution in [2.75, 3.05) is 18.1 Å². The molecule has 1 unspecified atom stereocenters. The van der Waals surface area contributed by atoms with Crippen LogP contribution in [0.2, 0.25) is 0 Å². The highest BCUT2D eigenvalue weighted by Gasteiger charge is 2.37. The molecule has 18 heteroatoms. The second-order valence-corrected chi connectivity index (χ2v) is 17.6. The molecule has 3 aromatic rings. The molecule has 1 aromatic heterocycles. The van der Waals surface area contributed by atoms with E-state index in [1.165, 1.54) is 11.8 Å². The summed E-state index contributed by atoms with van der Waals surface area (Å²) in [4.78, 5) is 93.8. The largest absolute Gasteiger partial charge is 0.376 e. The molecule has 0 saturated heterocycles. The number of ketones is 2. The van der Waals surface area contributed by atoms with Crippen LogP contribution in [0.5, 0.6) is 0 Å². The number of hydrogen-bond acceptors (Lipinski definition) is 11. The average molecular weight is 927 g/mol. The van der Waals surface area contributed by atoms with Gasteiger partial charge in [-0.05, 0) is 69.1 Å². The van der Waals surface area contributed by atoms with E-state index in [2.05, 4.69) is 42.8 Å². The number of fused-ring (bicyclic) bond motifs is 1. The Morgan fingerprint density at radius 2 is 1.67 bits per heavy atom. The fraction of sp³-hybridized carbons (Fsp3) is 0.458. The molecule has 1 aliphatic carbocycles. The third-order valence-electron chi connectivity index (χ3n) is 11.5. The Morgan fingerprint density at radius 1 is 0.939 bits per heavy atom. The minimum absolute atomic E-state index is 0.0350. The summed E-state index contributed by atoms with van der Waals surface area (Å²) in [6.45, 7) is 9.14. The maximum absolute atomic E-state index is 14.6. The summed E-state index contributed by atoms with van der Waals surface area (Å²) in [6.07, 6.45) is 7.42. The Hall–Kier alpha value is -6.11. The highest BCUT2D eigenvalue weighted by Crippen LogP contribution is 2.28. The molecule has 1 heterocycles. The van der Waals surface area contributed by atoms with Gasteiger partial charge in [0.2, 0.25) is 23.6 Å². The van der Waals surface area contributed by atoms with Crippen molar-refractivity contribution in [3.8, 4) is 0 Å². The molecule has 4 rings (SSSR count). The normalized spacial score (nSPS) is 17.0. The van der Waals surface area contributed by atoms with Gasteiger partial charge >= 0.3 is 0 Å². The number of nitrogens with one attached hydrogen (secondary N) is 5. The number of H-pyrrole nitrogens is 1. The number of guanidine groups is 1. The topological polar surface area (TPSA) is 289 Å². The van der Waals surface area contributed by atoms with E-state index in [-0.39, 0.29) is 61.3 Å². The average Bonchev–Trinajstić information content (AvgIpc) is 3.72. The van der Waals surface area contributed by atoms with Crippen LogP contribution in [0.3, 0.4) is 0 Å². The van der Waals surface area contributed by atoms with Crippen molar-refractivity contribution >= 4 is 70.0 Å². The summed E-state index contributed by atoms with van der Waals surface area (Å²) in [5.41, 5.74) is 19.3. The van der Waals surface area contributed by atoms with Crippen LogP contribution in [0.15, 0.2) is 95.1 Å². The van der Waals surface area contributed by atoms with E-state index in [4.69, 9.17) is 17.2 Å². The van der Waals surface area contributed by atoms with Crippen molar-refractivity contribution in [2.24, 2.45) is 39.0 Å². The number of rotatable bonds is 28. The van der Waals surface area contributed by atoms with Gasteiger partial charge in [0, 0.05) is 53.1 Å². The lowest BCUT2D eigenvalue weighted by molar-refractivity contribution is -0.132. The molecule has 0 spiro atoms. The van der Waals surface area contributed by atoms with Crippen LogP contribution in [-0.2, 0) is 41.6 Å². The quantitative estimate of drug-likeness (QED) is 0.0168.